The molecule has 0 aliphatic carbocycles. The van der Waals surface area contributed by atoms with Crippen LogP contribution in [-0.4, -0.2) is 80.7 Å². The number of hydrogen-bond donors (Lipinski definition) is 1. The van der Waals surface area contributed by atoms with Crippen LogP contribution < -0.4 is 5.32 Å². The zero-order chi connectivity index (χ0) is 14.5. The maximum atomic E-state index is 12.3. The van der Waals surface area contributed by atoms with Crippen LogP contribution in [0.4, 0.5) is 0 Å². The summed E-state index contributed by atoms with van der Waals surface area (Å²) in [6, 6.07) is 0. The Morgan fingerprint density at radius 2 is 1.74 bits per heavy atom. The van der Waals surface area contributed by atoms with Gasteiger partial charge in [-0.25, -0.2) is 0 Å². The first-order valence-electron chi connectivity index (χ1n) is 6.63. The van der Waals surface area contributed by atoms with E-state index in [9.17, 15) is 13.2 Å². The van der Waals surface area contributed by atoms with E-state index >= 15 is 0 Å². The molecule has 0 radical (unpaired) electrons. The average molecular weight is 292 g/mol. The number of nitrogens with one attached hydrogen (secondary N) is 1. The van der Waals surface area contributed by atoms with Gasteiger partial charge < -0.3 is 10.2 Å². The van der Waals surface area contributed by atoms with Crippen LogP contribution in [0, 0.1) is 0 Å². The van der Waals surface area contributed by atoms with E-state index < -0.39 is 10.2 Å². The van der Waals surface area contributed by atoms with Gasteiger partial charge in [0.05, 0.1) is 6.54 Å². The quantitative estimate of drug-likeness (QED) is 0.677. The summed E-state index contributed by atoms with van der Waals surface area (Å²) in [5, 5.41) is 3.10. The molecular formula is C11H24N4O3S. The molecule has 112 valence electrons. The van der Waals surface area contributed by atoms with E-state index in [4.69, 9.17) is 0 Å². The van der Waals surface area contributed by atoms with Crippen molar-refractivity contribution in [2.24, 2.45) is 0 Å². The third kappa shape index (κ3) is 4.13. The number of hydrogen-bond acceptors (Lipinski definition) is 4. The molecule has 0 aromatic carbocycles. The first-order valence-corrected chi connectivity index (χ1v) is 8.03. The van der Waals surface area contributed by atoms with Crippen LogP contribution in [0.2, 0.25) is 0 Å². The van der Waals surface area contributed by atoms with Crippen LogP contribution in [0.1, 0.15) is 13.8 Å². The van der Waals surface area contributed by atoms with Crippen LogP contribution in [0.3, 0.4) is 0 Å². The summed E-state index contributed by atoms with van der Waals surface area (Å²) in [7, 11) is -2.07. The normalized spacial score (nSPS) is 17.7. The van der Waals surface area contributed by atoms with Crippen LogP contribution in [0.5, 0.6) is 0 Å². The lowest BCUT2D eigenvalue weighted by atomic mass is 10.4. The largest absolute Gasteiger partial charge is 0.342 e. The monoisotopic (exact) mass is 292 g/mol. The minimum atomic E-state index is -3.53. The third-order valence-electron chi connectivity index (χ3n) is 3.27. The molecule has 1 amide bonds. The summed E-state index contributed by atoms with van der Waals surface area (Å²) in [6.45, 7) is 7.05. The number of piperazine rings is 1. The zero-order valence-corrected chi connectivity index (χ0v) is 12.7. The molecule has 1 heterocycles. The predicted octanol–water partition coefficient (Wildman–Crippen LogP) is -1.06. The van der Waals surface area contributed by atoms with E-state index in [0.29, 0.717) is 39.3 Å². The predicted molar refractivity (Wildman–Crippen MR) is 73.9 cm³/mol. The van der Waals surface area contributed by atoms with Gasteiger partial charge in [0.15, 0.2) is 0 Å². The first kappa shape index (κ1) is 16.4. The van der Waals surface area contributed by atoms with E-state index in [-0.39, 0.29) is 12.5 Å². The highest BCUT2D eigenvalue weighted by atomic mass is 32.2. The van der Waals surface area contributed by atoms with Crippen molar-refractivity contribution in [1.82, 2.24) is 18.8 Å². The molecule has 0 saturated carbocycles. The summed E-state index contributed by atoms with van der Waals surface area (Å²) >= 11 is 0. The number of carbonyl (C=O) groups is 1. The Kier molecular flexibility index (Phi) is 6.18. The van der Waals surface area contributed by atoms with Crippen molar-refractivity contribution in [3.05, 3.63) is 0 Å². The molecule has 1 aliphatic rings. The molecule has 8 heteroatoms. The number of carbonyl (C=O) groups excluding carboxylic acids is 1. The molecule has 1 fully saturated rings. The Balaban J connectivity index is 2.65. The number of amides is 1. The Hall–Kier alpha value is -0.700. The molecule has 0 aromatic rings. The van der Waals surface area contributed by atoms with Gasteiger partial charge in [0.25, 0.3) is 10.2 Å². The standard InChI is InChI=1S/C11H24N4O3S/c1-4-14(5-2)11(16)10-13(3)19(17,18)15-8-6-12-7-9-15/h12H,4-10H2,1-3H3. The number of likely N-dealkylation sites (N-methyl/N-ethyl adjacent to an activating group) is 2. The Morgan fingerprint density at radius 1 is 1.21 bits per heavy atom. The van der Waals surface area contributed by atoms with E-state index in [2.05, 4.69) is 5.32 Å². The van der Waals surface area contributed by atoms with Gasteiger partial charge in [0.2, 0.25) is 5.91 Å². The van der Waals surface area contributed by atoms with E-state index in [1.165, 1.54) is 11.4 Å². The van der Waals surface area contributed by atoms with Crippen LogP contribution in [0.15, 0.2) is 0 Å². The SMILES string of the molecule is CCN(CC)C(=O)CN(C)S(=O)(=O)N1CCNCC1. The lowest BCUT2D eigenvalue weighted by Crippen LogP contribution is -2.52. The molecule has 0 aromatic heterocycles. The minimum Gasteiger partial charge on any atom is -0.342 e. The fourth-order valence-corrected chi connectivity index (χ4v) is 3.33. The summed E-state index contributed by atoms with van der Waals surface area (Å²) in [5.41, 5.74) is 0. The van der Waals surface area contributed by atoms with E-state index in [1.54, 1.807) is 4.90 Å². The van der Waals surface area contributed by atoms with Crippen LogP contribution in [-0.2, 0) is 15.0 Å². The Morgan fingerprint density at radius 3 is 2.21 bits per heavy atom. The molecule has 1 N–H and O–H groups in total. The van der Waals surface area contributed by atoms with E-state index in [0.717, 1.165) is 4.31 Å². The highest BCUT2D eigenvalue weighted by molar-refractivity contribution is 7.86. The Labute approximate surface area is 115 Å². The maximum absolute atomic E-state index is 12.3. The summed E-state index contributed by atoms with van der Waals surface area (Å²) in [5.74, 6) is -0.161. The summed E-state index contributed by atoms with van der Waals surface area (Å²) in [6.07, 6.45) is 0. The summed E-state index contributed by atoms with van der Waals surface area (Å²) in [4.78, 5) is 13.6. The molecule has 0 bridgehead atoms. The number of rotatable bonds is 6. The van der Waals surface area contributed by atoms with Crippen LogP contribution >= 0.6 is 0 Å². The average Bonchev–Trinajstić information content (AvgIpc) is 2.41. The molecular weight excluding hydrogens is 268 g/mol. The van der Waals surface area contributed by atoms with Gasteiger partial charge in [0, 0.05) is 46.3 Å². The van der Waals surface area contributed by atoms with Crippen molar-refractivity contribution in [1.29, 1.82) is 0 Å². The molecule has 0 spiro atoms. The molecule has 1 rings (SSSR count). The first-order chi connectivity index (χ1) is 8.93. The molecule has 0 unspecified atom stereocenters. The van der Waals surface area contributed by atoms with Crippen molar-refractivity contribution in [2.75, 3.05) is 52.9 Å². The molecule has 7 nitrogen and oxygen atoms in total. The zero-order valence-electron chi connectivity index (χ0n) is 11.9. The minimum absolute atomic E-state index is 0.103. The van der Waals surface area contributed by atoms with Crippen LogP contribution in [0.25, 0.3) is 0 Å². The van der Waals surface area contributed by atoms with Gasteiger partial charge in [-0.05, 0) is 13.8 Å². The van der Waals surface area contributed by atoms with Crippen molar-refractivity contribution in [3.8, 4) is 0 Å². The van der Waals surface area contributed by atoms with Gasteiger partial charge in [-0.15, -0.1) is 0 Å². The highest BCUT2D eigenvalue weighted by Crippen LogP contribution is 2.08. The Bertz CT molecular complexity index is 389. The van der Waals surface area contributed by atoms with Crippen molar-refractivity contribution >= 4 is 16.1 Å². The molecule has 1 aliphatic heterocycles. The smallest absolute Gasteiger partial charge is 0.282 e. The third-order valence-corrected chi connectivity index (χ3v) is 5.20. The fraction of sp³-hybridized carbons (Fsp3) is 0.909. The van der Waals surface area contributed by atoms with Gasteiger partial charge >= 0.3 is 0 Å². The lowest BCUT2D eigenvalue weighted by Gasteiger charge is -2.31. The molecule has 1 saturated heterocycles. The second-order valence-electron chi connectivity index (χ2n) is 4.48. The van der Waals surface area contributed by atoms with E-state index in [1.807, 2.05) is 13.8 Å². The van der Waals surface area contributed by atoms with Crippen molar-refractivity contribution in [3.63, 3.8) is 0 Å². The van der Waals surface area contributed by atoms with Crippen molar-refractivity contribution < 1.29 is 13.2 Å². The van der Waals surface area contributed by atoms with Gasteiger partial charge in [-0.2, -0.15) is 17.0 Å². The maximum Gasteiger partial charge on any atom is 0.282 e. The molecule has 0 atom stereocenters. The second kappa shape index (κ2) is 7.18. The lowest BCUT2D eigenvalue weighted by molar-refractivity contribution is -0.130. The second-order valence-corrected chi connectivity index (χ2v) is 6.51. The van der Waals surface area contributed by atoms with Gasteiger partial charge in [-0.1, -0.05) is 0 Å². The summed E-state index contributed by atoms with van der Waals surface area (Å²) < 4.78 is 27.1. The van der Waals surface area contributed by atoms with Gasteiger partial charge in [-0.3, -0.25) is 4.79 Å². The molecule has 19 heavy (non-hydrogen) atoms. The van der Waals surface area contributed by atoms with Crippen molar-refractivity contribution in [2.45, 2.75) is 13.8 Å². The fourth-order valence-electron chi connectivity index (χ4n) is 2.02. The van der Waals surface area contributed by atoms with Gasteiger partial charge in [0.1, 0.15) is 0 Å². The topological polar surface area (TPSA) is 73.0 Å². The number of nitrogens with zero attached hydrogens (tertiary/aromatic N) is 3. The highest BCUT2D eigenvalue weighted by Gasteiger charge is 2.29.